The number of nitrogens with one attached hydrogen (secondary N) is 1. The molecule has 1 aromatic carbocycles. The van der Waals surface area contributed by atoms with Crippen molar-refractivity contribution >= 4 is 22.7 Å². The molecule has 5 rings (SSSR count). The van der Waals surface area contributed by atoms with Gasteiger partial charge in [0.1, 0.15) is 11.4 Å². The van der Waals surface area contributed by atoms with E-state index in [9.17, 15) is 9.59 Å². The molecule has 1 saturated heterocycles. The molecule has 0 bridgehead atoms. The normalized spacial score (nSPS) is 22.3. The van der Waals surface area contributed by atoms with Crippen molar-refractivity contribution < 1.29 is 13.9 Å². The first-order valence-electron chi connectivity index (χ1n) is 11.7. The molecular formula is C25H32FN3O3. The van der Waals surface area contributed by atoms with Gasteiger partial charge in [-0.3, -0.25) is 4.79 Å². The molecule has 2 heterocycles. The lowest BCUT2D eigenvalue weighted by Gasteiger charge is -2.28. The lowest BCUT2D eigenvalue weighted by molar-refractivity contribution is 0.0477. The molecule has 7 heteroatoms. The van der Waals surface area contributed by atoms with Gasteiger partial charge in [-0.05, 0) is 77.5 Å². The van der Waals surface area contributed by atoms with Crippen molar-refractivity contribution in [2.45, 2.75) is 77.0 Å². The number of aryl methyl sites for hydroxylation is 1. The number of halogens is 1. The third kappa shape index (κ3) is 3.76. The number of hydrogen-bond donors (Lipinski definition) is 1. The first-order valence-corrected chi connectivity index (χ1v) is 11.7. The van der Waals surface area contributed by atoms with E-state index in [-0.39, 0.29) is 35.0 Å². The Morgan fingerprint density at radius 2 is 1.94 bits per heavy atom. The molecule has 3 aliphatic rings. The monoisotopic (exact) mass is 441 g/mol. The van der Waals surface area contributed by atoms with Gasteiger partial charge in [0.2, 0.25) is 0 Å². The van der Waals surface area contributed by atoms with E-state index in [4.69, 9.17) is 4.74 Å². The van der Waals surface area contributed by atoms with Crippen LogP contribution in [0.3, 0.4) is 0 Å². The average molecular weight is 442 g/mol. The summed E-state index contributed by atoms with van der Waals surface area (Å²) in [7, 11) is 0. The van der Waals surface area contributed by atoms with E-state index in [0.717, 1.165) is 55.1 Å². The van der Waals surface area contributed by atoms with Gasteiger partial charge < -0.3 is 19.5 Å². The van der Waals surface area contributed by atoms with Gasteiger partial charge in [-0.1, -0.05) is 0 Å². The van der Waals surface area contributed by atoms with Gasteiger partial charge in [0, 0.05) is 42.0 Å². The van der Waals surface area contributed by atoms with Crippen molar-refractivity contribution in [3.05, 3.63) is 39.9 Å². The summed E-state index contributed by atoms with van der Waals surface area (Å²) in [6.07, 6.45) is 4.34. The fourth-order valence-electron chi connectivity index (χ4n) is 5.35. The molecule has 32 heavy (non-hydrogen) atoms. The quantitative estimate of drug-likeness (QED) is 0.749. The number of amides is 1. The number of rotatable bonds is 4. The standard InChI is InChI=1S/C25H32FN3O3/c1-15-21-16(5-8-20(30)29(21)18-6-7-18)13-19(26)22(15)28-12-9-17(14-28)25(10-11-25)27-23(31)32-24(2,3)4/h5,8,13,17-18H,6-7,9-12,14H2,1-4H3,(H,27,31). The molecule has 1 unspecified atom stereocenters. The zero-order chi connectivity index (χ0) is 22.8. The van der Waals surface area contributed by atoms with Gasteiger partial charge >= 0.3 is 6.09 Å². The lowest BCUT2D eigenvalue weighted by atomic mass is 9.96. The van der Waals surface area contributed by atoms with Crippen molar-refractivity contribution in [3.63, 3.8) is 0 Å². The van der Waals surface area contributed by atoms with Crippen LogP contribution in [0.1, 0.15) is 64.5 Å². The predicted molar refractivity (Wildman–Crippen MR) is 123 cm³/mol. The Morgan fingerprint density at radius 1 is 1.22 bits per heavy atom. The van der Waals surface area contributed by atoms with Crippen molar-refractivity contribution in [2.75, 3.05) is 18.0 Å². The second kappa shape index (κ2) is 7.22. The topological polar surface area (TPSA) is 63.6 Å². The van der Waals surface area contributed by atoms with Crippen LogP contribution in [0.4, 0.5) is 14.9 Å². The van der Waals surface area contributed by atoms with Crippen molar-refractivity contribution in [1.29, 1.82) is 0 Å². The number of anilines is 1. The van der Waals surface area contributed by atoms with Crippen LogP contribution < -0.4 is 15.8 Å². The Morgan fingerprint density at radius 3 is 2.56 bits per heavy atom. The third-order valence-electron chi connectivity index (χ3n) is 7.11. The van der Waals surface area contributed by atoms with E-state index < -0.39 is 5.60 Å². The molecule has 1 atom stereocenters. The molecule has 2 aliphatic carbocycles. The number of fused-ring (bicyclic) bond motifs is 1. The molecular weight excluding hydrogens is 409 g/mol. The maximum Gasteiger partial charge on any atom is 0.408 e. The summed E-state index contributed by atoms with van der Waals surface area (Å²) in [5.41, 5.74) is 1.47. The molecule has 2 aromatic rings. The average Bonchev–Trinajstić information content (AvgIpc) is 3.61. The number of carbonyl (C=O) groups excluding carboxylic acids is 1. The van der Waals surface area contributed by atoms with Crippen molar-refractivity contribution in [2.24, 2.45) is 5.92 Å². The lowest BCUT2D eigenvalue weighted by Crippen LogP contribution is -2.45. The zero-order valence-corrected chi connectivity index (χ0v) is 19.3. The van der Waals surface area contributed by atoms with Crippen LogP contribution in [0, 0.1) is 18.7 Å². The zero-order valence-electron chi connectivity index (χ0n) is 19.3. The summed E-state index contributed by atoms with van der Waals surface area (Å²) in [4.78, 5) is 27.1. The van der Waals surface area contributed by atoms with E-state index >= 15 is 4.39 Å². The van der Waals surface area contributed by atoms with Crippen LogP contribution in [-0.2, 0) is 4.74 Å². The maximum atomic E-state index is 15.3. The molecule has 3 fully saturated rings. The van der Waals surface area contributed by atoms with Crippen molar-refractivity contribution in [3.8, 4) is 0 Å². The molecule has 6 nitrogen and oxygen atoms in total. The highest BCUT2D eigenvalue weighted by atomic mass is 19.1. The minimum absolute atomic E-state index is 0.0153. The van der Waals surface area contributed by atoms with Crippen LogP contribution in [0.2, 0.25) is 0 Å². The number of ether oxygens (including phenoxy) is 1. The van der Waals surface area contributed by atoms with Gasteiger partial charge in [-0.2, -0.15) is 0 Å². The molecule has 0 spiro atoms. The number of pyridine rings is 1. The summed E-state index contributed by atoms with van der Waals surface area (Å²) in [5.74, 6) is -0.00694. The summed E-state index contributed by atoms with van der Waals surface area (Å²) in [6, 6.07) is 5.06. The maximum absolute atomic E-state index is 15.3. The van der Waals surface area contributed by atoms with E-state index in [1.165, 1.54) is 0 Å². The molecule has 1 aromatic heterocycles. The first kappa shape index (κ1) is 21.3. The van der Waals surface area contributed by atoms with E-state index in [0.29, 0.717) is 12.2 Å². The van der Waals surface area contributed by atoms with Gasteiger partial charge in [0.15, 0.2) is 0 Å². The molecule has 1 aliphatic heterocycles. The van der Waals surface area contributed by atoms with Crippen LogP contribution in [0.5, 0.6) is 0 Å². The summed E-state index contributed by atoms with van der Waals surface area (Å²) in [5, 5.41) is 3.88. The molecule has 1 N–H and O–H groups in total. The number of carbonyl (C=O) groups is 1. The van der Waals surface area contributed by atoms with E-state index in [2.05, 4.69) is 10.2 Å². The number of aromatic nitrogens is 1. The van der Waals surface area contributed by atoms with Crippen LogP contribution in [0.25, 0.3) is 10.9 Å². The molecule has 172 valence electrons. The van der Waals surface area contributed by atoms with E-state index in [1.807, 2.05) is 32.3 Å². The number of nitrogens with zero attached hydrogens (tertiary/aromatic N) is 2. The minimum atomic E-state index is -0.537. The number of hydrogen-bond acceptors (Lipinski definition) is 4. The second-order valence-corrected chi connectivity index (χ2v) is 10.8. The summed E-state index contributed by atoms with van der Waals surface area (Å²) < 4.78 is 22.6. The van der Waals surface area contributed by atoms with Crippen LogP contribution in [-0.4, -0.2) is 34.9 Å². The van der Waals surface area contributed by atoms with Gasteiger partial charge in [-0.15, -0.1) is 0 Å². The van der Waals surface area contributed by atoms with Gasteiger partial charge in [0.05, 0.1) is 11.2 Å². The summed E-state index contributed by atoms with van der Waals surface area (Å²) >= 11 is 0. The Balaban J connectivity index is 1.42. The highest BCUT2D eigenvalue weighted by Crippen LogP contribution is 2.48. The SMILES string of the molecule is Cc1c(N2CCC(C3(NC(=O)OC(C)(C)C)CC3)C2)c(F)cc2ccc(=O)n(C3CC3)c12. The van der Waals surface area contributed by atoms with E-state index in [1.54, 1.807) is 18.2 Å². The minimum Gasteiger partial charge on any atom is -0.444 e. The van der Waals surface area contributed by atoms with Gasteiger partial charge in [0.25, 0.3) is 5.56 Å². The van der Waals surface area contributed by atoms with Crippen LogP contribution >= 0.6 is 0 Å². The smallest absolute Gasteiger partial charge is 0.408 e. The van der Waals surface area contributed by atoms with Crippen LogP contribution in [0.15, 0.2) is 23.0 Å². The fourth-order valence-corrected chi connectivity index (χ4v) is 5.35. The molecule has 1 amide bonds. The second-order valence-electron chi connectivity index (χ2n) is 10.8. The highest BCUT2D eigenvalue weighted by Gasteiger charge is 2.53. The van der Waals surface area contributed by atoms with Gasteiger partial charge in [-0.25, -0.2) is 9.18 Å². The first-order chi connectivity index (χ1) is 15.1. The Hall–Kier alpha value is -2.57. The largest absolute Gasteiger partial charge is 0.444 e. The number of benzene rings is 1. The highest BCUT2D eigenvalue weighted by molar-refractivity contribution is 5.88. The molecule has 2 saturated carbocycles. The third-order valence-corrected chi connectivity index (χ3v) is 7.11. The molecule has 0 radical (unpaired) electrons. The fraction of sp³-hybridized carbons (Fsp3) is 0.600. The number of alkyl carbamates (subject to hydrolysis) is 1. The Kier molecular flexibility index (Phi) is 4.80. The van der Waals surface area contributed by atoms with Crippen molar-refractivity contribution in [1.82, 2.24) is 9.88 Å². The summed E-state index contributed by atoms with van der Waals surface area (Å²) in [6.45, 7) is 8.91. The Labute approximate surface area is 187 Å². The Bertz CT molecular complexity index is 1140. The predicted octanol–water partition coefficient (Wildman–Crippen LogP) is 4.67.